The average molecular weight is 416 g/mol. The van der Waals surface area contributed by atoms with Gasteiger partial charge in [0.15, 0.2) is 5.82 Å². The van der Waals surface area contributed by atoms with Crippen LogP contribution in [0.3, 0.4) is 0 Å². The molecule has 8 nitrogen and oxygen atoms in total. The van der Waals surface area contributed by atoms with Crippen LogP contribution >= 0.6 is 0 Å². The molecule has 0 unspecified atom stereocenters. The number of benzene rings is 1. The van der Waals surface area contributed by atoms with Crippen molar-refractivity contribution in [3.8, 4) is 5.82 Å². The number of carbonyl (C=O) groups is 1. The molecule has 0 aliphatic carbocycles. The maximum absolute atomic E-state index is 13.6. The van der Waals surface area contributed by atoms with E-state index in [-0.39, 0.29) is 18.0 Å². The number of piperidine rings is 1. The van der Waals surface area contributed by atoms with E-state index in [1.807, 2.05) is 36.1 Å². The summed E-state index contributed by atoms with van der Waals surface area (Å²) in [6.45, 7) is 4.71. The molecule has 0 saturated carbocycles. The Bertz CT molecular complexity index is 1180. The van der Waals surface area contributed by atoms with Gasteiger partial charge < -0.3 is 15.2 Å². The zero-order chi connectivity index (χ0) is 21.4. The summed E-state index contributed by atoms with van der Waals surface area (Å²) in [6.07, 6.45) is 5.10. The lowest BCUT2D eigenvalue weighted by Crippen LogP contribution is -2.52. The largest absolute Gasteiger partial charge is 0.367 e. The number of H-pyrrole nitrogens is 1. The molecule has 0 bridgehead atoms. The van der Waals surface area contributed by atoms with E-state index in [1.54, 1.807) is 12.4 Å². The first-order valence-corrected chi connectivity index (χ1v) is 10.6. The third kappa shape index (κ3) is 3.65. The smallest absolute Gasteiger partial charge is 0.258 e. The van der Waals surface area contributed by atoms with E-state index in [2.05, 4.69) is 50.6 Å². The Kier molecular flexibility index (Phi) is 4.89. The number of hydrogen-bond acceptors (Lipinski definition) is 5. The van der Waals surface area contributed by atoms with Gasteiger partial charge in [0.25, 0.3) is 5.91 Å². The Labute approximate surface area is 180 Å². The van der Waals surface area contributed by atoms with Crippen molar-refractivity contribution in [2.45, 2.75) is 38.8 Å². The molecule has 4 heterocycles. The number of rotatable bonds is 4. The van der Waals surface area contributed by atoms with E-state index < -0.39 is 0 Å². The molecule has 1 aromatic carbocycles. The highest BCUT2D eigenvalue weighted by Crippen LogP contribution is 2.26. The summed E-state index contributed by atoms with van der Waals surface area (Å²) in [5.41, 5.74) is 2.43. The third-order valence-corrected chi connectivity index (χ3v) is 5.97. The van der Waals surface area contributed by atoms with Gasteiger partial charge in [-0.3, -0.25) is 4.79 Å². The molecule has 1 amide bonds. The molecule has 4 aromatic rings. The van der Waals surface area contributed by atoms with Crippen LogP contribution in [0.2, 0.25) is 0 Å². The Hall–Kier alpha value is -3.68. The number of para-hydroxylation sites is 1. The second-order valence-corrected chi connectivity index (χ2v) is 8.04. The topological polar surface area (TPSA) is 91.7 Å². The van der Waals surface area contributed by atoms with Crippen LogP contribution in [0.15, 0.2) is 54.9 Å². The van der Waals surface area contributed by atoms with Crippen molar-refractivity contribution in [1.82, 2.24) is 29.9 Å². The summed E-state index contributed by atoms with van der Waals surface area (Å²) in [4.78, 5) is 24.9. The molecule has 1 aliphatic rings. The number of nitrogens with one attached hydrogen (secondary N) is 2. The van der Waals surface area contributed by atoms with Gasteiger partial charge in [-0.1, -0.05) is 18.2 Å². The molecule has 3 aromatic heterocycles. The number of fused-ring (bicyclic) bond motifs is 1. The van der Waals surface area contributed by atoms with Crippen LogP contribution in [0.1, 0.15) is 35.8 Å². The molecule has 1 aliphatic heterocycles. The van der Waals surface area contributed by atoms with Crippen LogP contribution in [0, 0.1) is 6.92 Å². The van der Waals surface area contributed by atoms with Crippen molar-refractivity contribution in [1.29, 1.82) is 0 Å². The first kappa shape index (κ1) is 19.3. The number of aromatic nitrogens is 5. The predicted molar refractivity (Wildman–Crippen MR) is 119 cm³/mol. The van der Waals surface area contributed by atoms with Crippen LogP contribution in [-0.4, -0.2) is 54.4 Å². The number of carbonyl (C=O) groups excluding carboxylic acids is 1. The molecular formula is C23H25N7O. The van der Waals surface area contributed by atoms with E-state index in [1.165, 1.54) is 10.2 Å². The van der Waals surface area contributed by atoms with E-state index in [4.69, 9.17) is 0 Å². The molecule has 31 heavy (non-hydrogen) atoms. The number of aryl methyl sites for hydroxylation is 1. The van der Waals surface area contributed by atoms with Crippen molar-refractivity contribution in [2.24, 2.45) is 0 Å². The minimum absolute atomic E-state index is 0.0207. The van der Waals surface area contributed by atoms with Crippen LogP contribution < -0.4 is 5.32 Å². The van der Waals surface area contributed by atoms with Gasteiger partial charge >= 0.3 is 0 Å². The van der Waals surface area contributed by atoms with Crippen molar-refractivity contribution >= 4 is 22.6 Å². The number of aromatic amines is 1. The monoisotopic (exact) mass is 415 g/mol. The highest BCUT2D eigenvalue weighted by atomic mass is 16.2. The molecular weight excluding hydrogens is 390 g/mol. The number of hydrogen-bond donors (Lipinski definition) is 2. The summed E-state index contributed by atoms with van der Waals surface area (Å²) in [5.74, 6) is 1.40. The fourth-order valence-corrected chi connectivity index (χ4v) is 4.32. The van der Waals surface area contributed by atoms with E-state index in [0.29, 0.717) is 17.9 Å². The molecule has 1 saturated heterocycles. The lowest BCUT2D eigenvalue weighted by molar-refractivity contribution is 0.0616. The van der Waals surface area contributed by atoms with Crippen LogP contribution in [0.25, 0.3) is 16.7 Å². The first-order valence-electron chi connectivity index (χ1n) is 10.6. The fourth-order valence-electron chi connectivity index (χ4n) is 4.32. The Morgan fingerprint density at radius 2 is 1.97 bits per heavy atom. The standard InChI is InChI=1S/C23H25N7O/c1-15-9-10-18(22(26-15)30-24-11-12-25-30)23(31)29-13-5-8-19(16(29)2)27-21-14-17-6-3-4-7-20(17)28-21/h3-4,6-7,9-12,14,16,19,27-28H,5,8,13H2,1-2H3/t16-,19+/m0/s1. The SMILES string of the molecule is Cc1ccc(C(=O)N2CCC[C@@H](Nc3cc4ccccc4[nH]3)[C@@H]2C)c(-n2nccn2)n1. The summed E-state index contributed by atoms with van der Waals surface area (Å²) < 4.78 is 0. The highest BCUT2D eigenvalue weighted by Gasteiger charge is 2.33. The maximum Gasteiger partial charge on any atom is 0.258 e. The molecule has 2 N–H and O–H groups in total. The van der Waals surface area contributed by atoms with Gasteiger partial charge in [-0.25, -0.2) is 4.98 Å². The van der Waals surface area contributed by atoms with Crippen LogP contribution in [0.5, 0.6) is 0 Å². The van der Waals surface area contributed by atoms with Gasteiger partial charge in [0, 0.05) is 35.2 Å². The van der Waals surface area contributed by atoms with Gasteiger partial charge in [0.05, 0.1) is 18.0 Å². The van der Waals surface area contributed by atoms with Crippen molar-refractivity contribution < 1.29 is 4.79 Å². The zero-order valence-corrected chi connectivity index (χ0v) is 17.6. The van der Waals surface area contributed by atoms with Gasteiger partial charge in [-0.2, -0.15) is 10.2 Å². The minimum atomic E-state index is -0.0459. The quantitative estimate of drug-likeness (QED) is 0.532. The molecule has 8 heteroatoms. The molecule has 1 fully saturated rings. The van der Waals surface area contributed by atoms with E-state index in [0.717, 1.165) is 29.9 Å². The number of anilines is 1. The average Bonchev–Trinajstić information content (AvgIpc) is 3.44. The molecule has 2 atom stereocenters. The van der Waals surface area contributed by atoms with E-state index in [9.17, 15) is 4.79 Å². The van der Waals surface area contributed by atoms with Gasteiger partial charge in [0.2, 0.25) is 0 Å². The maximum atomic E-state index is 13.6. The number of nitrogens with zero attached hydrogens (tertiary/aromatic N) is 5. The van der Waals surface area contributed by atoms with Gasteiger partial charge in [0.1, 0.15) is 5.82 Å². The van der Waals surface area contributed by atoms with Crippen LogP contribution in [0.4, 0.5) is 5.82 Å². The third-order valence-electron chi connectivity index (χ3n) is 5.97. The Morgan fingerprint density at radius 3 is 2.77 bits per heavy atom. The fraction of sp³-hybridized carbons (Fsp3) is 0.304. The summed E-state index contributed by atoms with van der Waals surface area (Å²) in [5, 5.41) is 13.1. The zero-order valence-electron chi connectivity index (χ0n) is 17.6. The molecule has 0 spiro atoms. The lowest BCUT2D eigenvalue weighted by atomic mass is 9.96. The van der Waals surface area contributed by atoms with Gasteiger partial charge in [-0.05, 0) is 51.0 Å². The molecule has 158 valence electrons. The second-order valence-electron chi connectivity index (χ2n) is 8.04. The van der Waals surface area contributed by atoms with E-state index >= 15 is 0 Å². The lowest BCUT2D eigenvalue weighted by Gasteiger charge is -2.40. The highest BCUT2D eigenvalue weighted by molar-refractivity contribution is 5.97. The number of amides is 1. The second kappa shape index (κ2) is 7.86. The Morgan fingerprint density at radius 1 is 1.16 bits per heavy atom. The molecule has 5 rings (SSSR count). The predicted octanol–water partition coefficient (Wildman–Crippen LogP) is 3.56. The summed E-state index contributed by atoms with van der Waals surface area (Å²) in [7, 11) is 0. The van der Waals surface area contributed by atoms with Gasteiger partial charge in [-0.15, -0.1) is 4.80 Å². The number of likely N-dealkylation sites (tertiary alicyclic amines) is 1. The summed E-state index contributed by atoms with van der Waals surface area (Å²) >= 11 is 0. The Balaban J connectivity index is 1.40. The van der Waals surface area contributed by atoms with Crippen molar-refractivity contribution in [3.05, 3.63) is 66.1 Å². The number of pyridine rings is 1. The molecule has 0 radical (unpaired) electrons. The summed E-state index contributed by atoms with van der Waals surface area (Å²) in [6, 6.07) is 14.2. The minimum Gasteiger partial charge on any atom is -0.367 e. The van der Waals surface area contributed by atoms with Crippen molar-refractivity contribution in [2.75, 3.05) is 11.9 Å². The van der Waals surface area contributed by atoms with Crippen LogP contribution in [-0.2, 0) is 0 Å². The van der Waals surface area contributed by atoms with Crippen molar-refractivity contribution in [3.63, 3.8) is 0 Å². The normalized spacial score (nSPS) is 19.0. The first-order chi connectivity index (χ1) is 15.1.